The summed E-state index contributed by atoms with van der Waals surface area (Å²) in [6.07, 6.45) is 1.61. The van der Waals surface area contributed by atoms with Crippen molar-refractivity contribution in [1.29, 1.82) is 0 Å². The molecule has 7 heteroatoms. The van der Waals surface area contributed by atoms with Crippen LogP contribution in [0.1, 0.15) is 21.6 Å². The Labute approximate surface area is 166 Å². The van der Waals surface area contributed by atoms with Crippen molar-refractivity contribution in [3.05, 3.63) is 76.9 Å². The summed E-state index contributed by atoms with van der Waals surface area (Å²) in [6.45, 7) is 4.08. The number of benzene rings is 2. The molecule has 6 nitrogen and oxygen atoms in total. The molecule has 4 aromatic rings. The molecule has 0 aliphatic carbocycles. The van der Waals surface area contributed by atoms with Gasteiger partial charge in [-0.15, -0.1) is 16.4 Å². The van der Waals surface area contributed by atoms with Crippen LogP contribution in [0.4, 0.5) is 11.4 Å². The van der Waals surface area contributed by atoms with Crippen molar-refractivity contribution in [3.63, 3.8) is 0 Å². The lowest BCUT2D eigenvalue weighted by Crippen LogP contribution is -2.13. The third kappa shape index (κ3) is 3.52. The van der Waals surface area contributed by atoms with Crippen LogP contribution in [0.5, 0.6) is 0 Å². The number of aromatic nitrogens is 3. The standard InChI is InChI=1S/C21H19N5OS/c1-13-5-7-16(10-14(13)2)26-12-19(24-25-26)21(27)23-18-11-15(6-8-17(18)22)20-4-3-9-28-20/h3-12H,22H2,1-2H3,(H,23,27). The highest BCUT2D eigenvalue weighted by Gasteiger charge is 2.14. The van der Waals surface area contributed by atoms with Crippen molar-refractivity contribution in [2.24, 2.45) is 0 Å². The predicted molar refractivity (Wildman–Crippen MR) is 113 cm³/mol. The molecule has 3 N–H and O–H groups in total. The number of anilines is 2. The van der Waals surface area contributed by atoms with Crippen LogP contribution in [-0.2, 0) is 0 Å². The third-order valence-corrected chi connectivity index (χ3v) is 5.51. The van der Waals surface area contributed by atoms with Crippen molar-refractivity contribution in [2.75, 3.05) is 11.1 Å². The van der Waals surface area contributed by atoms with E-state index in [4.69, 9.17) is 5.73 Å². The number of nitrogens with one attached hydrogen (secondary N) is 1. The first-order chi connectivity index (χ1) is 13.5. The molecular weight excluding hydrogens is 370 g/mol. The molecule has 0 saturated carbocycles. The highest BCUT2D eigenvalue weighted by molar-refractivity contribution is 7.13. The van der Waals surface area contributed by atoms with Crippen LogP contribution >= 0.6 is 11.3 Å². The first-order valence-electron chi connectivity index (χ1n) is 8.76. The molecule has 1 amide bonds. The highest BCUT2D eigenvalue weighted by atomic mass is 32.1. The van der Waals surface area contributed by atoms with Crippen molar-refractivity contribution >= 4 is 28.6 Å². The fourth-order valence-corrected chi connectivity index (χ4v) is 3.53. The molecule has 0 unspecified atom stereocenters. The van der Waals surface area contributed by atoms with Crippen molar-refractivity contribution in [3.8, 4) is 16.1 Å². The molecule has 0 spiro atoms. The Bertz CT molecular complexity index is 1150. The van der Waals surface area contributed by atoms with Gasteiger partial charge in [-0.1, -0.05) is 23.4 Å². The Morgan fingerprint density at radius 2 is 1.96 bits per heavy atom. The molecule has 2 heterocycles. The fourth-order valence-electron chi connectivity index (χ4n) is 2.81. The van der Waals surface area contributed by atoms with E-state index >= 15 is 0 Å². The second kappa shape index (κ2) is 7.28. The molecule has 0 aliphatic heterocycles. The molecular formula is C21H19N5OS. The van der Waals surface area contributed by atoms with E-state index in [2.05, 4.69) is 15.6 Å². The van der Waals surface area contributed by atoms with Crippen molar-refractivity contribution in [2.45, 2.75) is 13.8 Å². The Kier molecular flexibility index (Phi) is 4.67. The van der Waals surface area contributed by atoms with Gasteiger partial charge in [-0.05, 0) is 66.2 Å². The number of hydrogen-bond donors (Lipinski definition) is 2. The van der Waals surface area contributed by atoms with E-state index in [-0.39, 0.29) is 11.6 Å². The maximum absolute atomic E-state index is 12.6. The monoisotopic (exact) mass is 389 g/mol. The van der Waals surface area contributed by atoms with Crippen LogP contribution in [-0.4, -0.2) is 20.9 Å². The molecule has 2 aromatic carbocycles. The first kappa shape index (κ1) is 17.9. The first-order valence-corrected chi connectivity index (χ1v) is 9.64. The molecule has 0 saturated heterocycles. The van der Waals surface area contributed by atoms with Gasteiger partial charge in [0.1, 0.15) is 0 Å². The molecule has 0 bridgehead atoms. The largest absolute Gasteiger partial charge is 0.397 e. The molecule has 0 radical (unpaired) electrons. The summed E-state index contributed by atoms with van der Waals surface area (Å²) < 4.78 is 1.59. The number of carbonyl (C=O) groups excluding carboxylic acids is 1. The van der Waals surface area contributed by atoms with E-state index in [0.717, 1.165) is 21.7 Å². The second-order valence-electron chi connectivity index (χ2n) is 6.55. The van der Waals surface area contributed by atoms with Gasteiger partial charge in [0.15, 0.2) is 5.69 Å². The second-order valence-corrected chi connectivity index (χ2v) is 7.50. The molecule has 0 aliphatic rings. The van der Waals surface area contributed by atoms with Crippen molar-refractivity contribution in [1.82, 2.24) is 15.0 Å². The Hall–Kier alpha value is -3.45. The SMILES string of the molecule is Cc1ccc(-n2cc(C(=O)Nc3cc(-c4cccs4)ccc3N)nn2)cc1C. The maximum Gasteiger partial charge on any atom is 0.277 e. The minimum Gasteiger partial charge on any atom is -0.397 e. The van der Waals surface area contributed by atoms with E-state index in [1.165, 1.54) is 5.56 Å². The van der Waals surface area contributed by atoms with E-state index < -0.39 is 0 Å². The minimum absolute atomic E-state index is 0.221. The molecule has 0 atom stereocenters. The van der Waals surface area contributed by atoms with Crippen molar-refractivity contribution < 1.29 is 4.79 Å². The number of carbonyl (C=O) groups is 1. The van der Waals surface area contributed by atoms with Gasteiger partial charge in [-0.25, -0.2) is 4.68 Å². The maximum atomic E-state index is 12.6. The average molecular weight is 389 g/mol. The number of thiophene rings is 1. The summed E-state index contributed by atoms with van der Waals surface area (Å²) >= 11 is 1.63. The lowest BCUT2D eigenvalue weighted by Gasteiger charge is -2.08. The van der Waals surface area contributed by atoms with Gasteiger partial charge in [0.2, 0.25) is 0 Å². The lowest BCUT2D eigenvalue weighted by atomic mass is 10.1. The van der Waals surface area contributed by atoms with Crippen LogP contribution in [0.15, 0.2) is 60.1 Å². The van der Waals surface area contributed by atoms with Gasteiger partial charge in [0.25, 0.3) is 5.91 Å². The molecule has 140 valence electrons. The summed E-state index contributed by atoms with van der Waals surface area (Å²) in [5.74, 6) is -0.356. The van der Waals surface area contributed by atoms with Crippen LogP contribution in [0, 0.1) is 13.8 Å². The Morgan fingerprint density at radius 3 is 2.71 bits per heavy atom. The van der Waals surface area contributed by atoms with Crippen LogP contribution in [0.3, 0.4) is 0 Å². The summed E-state index contributed by atoms with van der Waals surface area (Å²) in [4.78, 5) is 13.8. The topological polar surface area (TPSA) is 85.8 Å². The van der Waals surface area contributed by atoms with Gasteiger partial charge >= 0.3 is 0 Å². The Morgan fingerprint density at radius 1 is 1.11 bits per heavy atom. The van der Waals surface area contributed by atoms with Crippen LogP contribution in [0.2, 0.25) is 0 Å². The predicted octanol–water partition coefficient (Wildman–Crippen LogP) is 4.45. The third-order valence-electron chi connectivity index (χ3n) is 4.59. The summed E-state index contributed by atoms with van der Waals surface area (Å²) in [6, 6.07) is 15.6. The quantitative estimate of drug-likeness (QED) is 0.505. The minimum atomic E-state index is -0.356. The normalized spacial score (nSPS) is 10.8. The Balaban J connectivity index is 1.57. The summed E-state index contributed by atoms with van der Waals surface area (Å²) in [7, 11) is 0. The van der Waals surface area contributed by atoms with E-state index in [0.29, 0.717) is 11.4 Å². The molecule has 28 heavy (non-hydrogen) atoms. The van der Waals surface area contributed by atoms with Crippen LogP contribution in [0.25, 0.3) is 16.1 Å². The van der Waals surface area contributed by atoms with E-state index in [1.54, 1.807) is 28.3 Å². The zero-order chi connectivity index (χ0) is 19.7. The van der Waals surface area contributed by atoms with Gasteiger partial charge in [-0.2, -0.15) is 0 Å². The summed E-state index contributed by atoms with van der Waals surface area (Å²) in [5, 5.41) is 12.9. The van der Waals surface area contributed by atoms with Gasteiger partial charge < -0.3 is 11.1 Å². The fraction of sp³-hybridized carbons (Fsp3) is 0.0952. The summed E-state index contributed by atoms with van der Waals surface area (Å²) in [5.41, 5.74) is 11.5. The highest BCUT2D eigenvalue weighted by Crippen LogP contribution is 2.30. The number of rotatable bonds is 4. The van der Waals surface area contributed by atoms with Crippen LogP contribution < -0.4 is 11.1 Å². The lowest BCUT2D eigenvalue weighted by molar-refractivity contribution is 0.102. The number of amides is 1. The number of nitrogens with zero attached hydrogens (tertiary/aromatic N) is 3. The number of nitrogens with two attached hydrogens (primary N) is 1. The van der Waals surface area contributed by atoms with Gasteiger partial charge in [0, 0.05) is 4.88 Å². The molecule has 2 aromatic heterocycles. The molecule has 0 fully saturated rings. The van der Waals surface area contributed by atoms with E-state index in [9.17, 15) is 4.79 Å². The van der Waals surface area contributed by atoms with E-state index in [1.807, 2.05) is 61.7 Å². The van der Waals surface area contributed by atoms with Gasteiger partial charge in [0.05, 0.1) is 23.3 Å². The van der Waals surface area contributed by atoms with Gasteiger partial charge in [-0.3, -0.25) is 4.79 Å². The zero-order valence-corrected chi connectivity index (χ0v) is 16.3. The number of hydrogen-bond acceptors (Lipinski definition) is 5. The number of aryl methyl sites for hydroxylation is 2. The zero-order valence-electron chi connectivity index (χ0n) is 15.5. The smallest absolute Gasteiger partial charge is 0.277 e. The molecule has 4 rings (SSSR count). The number of nitrogen functional groups attached to an aromatic ring is 1. The average Bonchev–Trinajstić information content (AvgIpc) is 3.37.